The fourth-order valence-electron chi connectivity index (χ4n) is 2.06. The Bertz CT molecular complexity index is 667. The molecule has 17 heavy (non-hydrogen) atoms. The molecule has 0 unspecified atom stereocenters. The highest BCUT2D eigenvalue weighted by atomic mass is 16.4. The van der Waals surface area contributed by atoms with Crippen LogP contribution in [0.4, 0.5) is 0 Å². The molecular weight excluding hydrogens is 216 g/mol. The maximum Gasteiger partial charge on any atom is 0.153 e. The van der Waals surface area contributed by atoms with Crippen molar-refractivity contribution in [3.05, 3.63) is 48.2 Å². The Balaban J connectivity index is 2.30. The van der Waals surface area contributed by atoms with E-state index in [0.29, 0.717) is 5.76 Å². The first-order chi connectivity index (χ1) is 8.31. The molecule has 0 atom stereocenters. The average molecular weight is 228 g/mol. The Hall–Kier alpha value is -2.07. The molecule has 86 valence electrons. The number of rotatable bonds is 2. The number of aliphatic hydroxyl groups excluding tert-OH is 1. The van der Waals surface area contributed by atoms with Gasteiger partial charge >= 0.3 is 0 Å². The molecule has 1 aromatic carbocycles. The zero-order valence-corrected chi connectivity index (χ0v) is 9.42. The first-order valence-electron chi connectivity index (χ1n) is 5.41. The van der Waals surface area contributed by atoms with E-state index < -0.39 is 0 Å². The summed E-state index contributed by atoms with van der Waals surface area (Å²) in [6, 6.07) is 7.87. The Morgan fingerprint density at radius 1 is 1.35 bits per heavy atom. The first kappa shape index (κ1) is 10.1. The van der Waals surface area contributed by atoms with Gasteiger partial charge in [0, 0.05) is 5.56 Å². The highest BCUT2D eigenvalue weighted by Crippen LogP contribution is 2.25. The zero-order chi connectivity index (χ0) is 11.8. The van der Waals surface area contributed by atoms with Gasteiger partial charge in [0.1, 0.15) is 12.9 Å². The van der Waals surface area contributed by atoms with E-state index in [1.807, 2.05) is 35.8 Å². The van der Waals surface area contributed by atoms with Crippen molar-refractivity contribution in [1.82, 2.24) is 9.55 Å². The number of hydrogen-bond donors (Lipinski definition) is 1. The van der Waals surface area contributed by atoms with E-state index in [9.17, 15) is 5.11 Å². The largest absolute Gasteiger partial charge is 0.464 e. The first-order valence-corrected chi connectivity index (χ1v) is 5.41. The molecule has 4 heteroatoms. The number of fused-ring (bicyclic) bond motifs is 1. The van der Waals surface area contributed by atoms with Crippen molar-refractivity contribution < 1.29 is 9.52 Å². The average Bonchev–Trinajstić information content (AvgIpc) is 2.92. The standard InChI is InChI=1S/C13H12N2O2/c1-9-7-17-12(6-16)13(9)15-8-14-10-4-2-3-5-11(10)15/h2-5,7-8,16H,6H2,1H3. The van der Waals surface area contributed by atoms with Crippen molar-refractivity contribution >= 4 is 11.0 Å². The normalized spacial score (nSPS) is 11.2. The lowest BCUT2D eigenvalue weighted by Crippen LogP contribution is -1.96. The molecule has 0 fully saturated rings. The maximum absolute atomic E-state index is 9.28. The van der Waals surface area contributed by atoms with E-state index in [2.05, 4.69) is 4.98 Å². The second-order valence-corrected chi connectivity index (χ2v) is 3.95. The third-order valence-corrected chi connectivity index (χ3v) is 2.85. The van der Waals surface area contributed by atoms with Gasteiger partial charge in [-0.2, -0.15) is 0 Å². The van der Waals surface area contributed by atoms with E-state index in [0.717, 1.165) is 22.3 Å². The minimum atomic E-state index is -0.115. The highest BCUT2D eigenvalue weighted by Gasteiger charge is 2.14. The Morgan fingerprint density at radius 3 is 3.00 bits per heavy atom. The molecule has 0 bridgehead atoms. The molecular formula is C13H12N2O2. The predicted octanol–water partition coefficient (Wildman–Crippen LogP) is 2.42. The van der Waals surface area contributed by atoms with Crippen molar-refractivity contribution in [1.29, 1.82) is 0 Å². The summed E-state index contributed by atoms with van der Waals surface area (Å²) in [5, 5.41) is 9.28. The number of imidazole rings is 1. The van der Waals surface area contributed by atoms with Gasteiger partial charge in [-0.1, -0.05) is 12.1 Å². The molecule has 0 saturated heterocycles. The predicted molar refractivity (Wildman–Crippen MR) is 64.0 cm³/mol. The second-order valence-electron chi connectivity index (χ2n) is 3.95. The number of aliphatic hydroxyl groups is 1. The highest BCUT2D eigenvalue weighted by molar-refractivity contribution is 5.77. The summed E-state index contributed by atoms with van der Waals surface area (Å²) < 4.78 is 7.26. The van der Waals surface area contributed by atoms with Gasteiger partial charge in [-0.15, -0.1) is 0 Å². The Kier molecular flexibility index (Phi) is 2.23. The summed E-state index contributed by atoms with van der Waals surface area (Å²) in [5.41, 5.74) is 3.79. The van der Waals surface area contributed by atoms with Crippen LogP contribution in [0.2, 0.25) is 0 Å². The van der Waals surface area contributed by atoms with Crippen LogP contribution in [0.15, 0.2) is 41.3 Å². The molecule has 0 aliphatic heterocycles. The number of aromatic nitrogens is 2. The molecule has 4 nitrogen and oxygen atoms in total. The van der Waals surface area contributed by atoms with Crippen LogP contribution in [0.1, 0.15) is 11.3 Å². The van der Waals surface area contributed by atoms with Gasteiger partial charge in [0.15, 0.2) is 5.76 Å². The number of para-hydroxylation sites is 2. The van der Waals surface area contributed by atoms with Gasteiger partial charge < -0.3 is 9.52 Å². The number of hydrogen-bond acceptors (Lipinski definition) is 3. The summed E-state index contributed by atoms with van der Waals surface area (Å²) in [4.78, 5) is 4.33. The van der Waals surface area contributed by atoms with Gasteiger partial charge in [-0.3, -0.25) is 4.57 Å². The molecule has 2 aromatic heterocycles. The third kappa shape index (κ3) is 1.45. The van der Waals surface area contributed by atoms with Crippen molar-refractivity contribution in [3.8, 4) is 5.69 Å². The monoisotopic (exact) mass is 228 g/mol. The molecule has 0 spiro atoms. The van der Waals surface area contributed by atoms with Gasteiger partial charge in [0.25, 0.3) is 0 Å². The molecule has 0 amide bonds. The fourth-order valence-corrected chi connectivity index (χ4v) is 2.06. The molecule has 0 aliphatic carbocycles. The molecule has 0 radical (unpaired) electrons. The van der Waals surface area contributed by atoms with Crippen molar-refractivity contribution in [2.75, 3.05) is 0 Å². The topological polar surface area (TPSA) is 51.2 Å². The van der Waals surface area contributed by atoms with Crippen LogP contribution in [-0.4, -0.2) is 14.7 Å². The number of benzene rings is 1. The quantitative estimate of drug-likeness (QED) is 0.732. The minimum Gasteiger partial charge on any atom is -0.464 e. The molecule has 1 N–H and O–H groups in total. The maximum atomic E-state index is 9.28. The van der Waals surface area contributed by atoms with Gasteiger partial charge in [-0.05, 0) is 19.1 Å². The Labute approximate surface area is 98.1 Å². The van der Waals surface area contributed by atoms with Crippen LogP contribution in [0.25, 0.3) is 16.7 Å². The summed E-state index contributed by atoms with van der Waals surface area (Å²) in [5.74, 6) is 0.561. The minimum absolute atomic E-state index is 0.115. The van der Waals surface area contributed by atoms with E-state index >= 15 is 0 Å². The smallest absolute Gasteiger partial charge is 0.153 e. The second kappa shape index (κ2) is 3.75. The molecule has 2 heterocycles. The number of aryl methyl sites for hydroxylation is 1. The fraction of sp³-hybridized carbons (Fsp3) is 0.154. The number of furan rings is 1. The van der Waals surface area contributed by atoms with Gasteiger partial charge in [-0.25, -0.2) is 4.98 Å². The lowest BCUT2D eigenvalue weighted by atomic mass is 10.2. The summed E-state index contributed by atoms with van der Waals surface area (Å²) >= 11 is 0. The van der Waals surface area contributed by atoms with Crippen LogP contribution >= 0.6 is 0 Å². The van der Waals surface area contributed by atoms with Crippen molar-refractivity contribution in [3.63, 3.8) is 0 Å². The summed E-state index contributed by atoms with van der Waals surface area (Å²) in [6.45, 7) is 1.84. The zero-order valence-electron chi connectivity index (χ0n) is 9.42. The number of nitrogens with zero attached hydrogens (tertiary/aromatic N) is 2. The van der Waals surface area contributed by atoms with E-state index in [1.54, 1.807) is 12.6 Å². The van der Waals surface area contributed by atoms with Crippen LogP contribution in [0.5, 0.6) is 0 Å². The molecule has 3 rings (SSSR count). The van der Waals surface area contributed by atoms with E-state index in [4.69, 9.17) is 4.42 Å². The van der Waals surface area contributed by atoms with Crippen LogP contribution < -0.4 is 0 Å². The summed E-state index contributed by atoms with van der Waals surface area (Å²) in [7, 11) is 0. The SMILES string of the molecule is Cc1coc(CO)c1-n1cnc2ccccc21. The lowest BCUT2D eigenvalue weighted by Gasteiger charge is -2.04. The van der Waals surface area contributed by atoms with E-state index in [1.165, 1.54) is 0 Å². The van der Waals surface area contributed by atoms with Gasteiger partial charge in [0.05, 0.1) is 23.0 Å². The van der Waals surface area contributed by atoms with Crippen LogP contribution in [0, 0.1) is 6.92 Å². The Morgan fingerprint density at radius 2 is 2.18 bits per heavy atom. The van der Waals surface area contributed by atoms with E-state index in [-0.39, 0.29) is 6.61 Å². The van der Waals surface area contributed by atoms with Gasteiger partial charge in [0.2, 0.25) is 0 Å². The third-order valence-electron chi connectivity index (χ3n) is 2.85. The molecule has 0 saturated carbocycles. The van der Waals surface area contributed by atoms with Crippen LogP contribution in [0.3, 0.4) is 0 Å². The van der Waals surface area contributed by atoms with Crippen molar-refractivity contribution in [2.24, 2.45) is 0 Å². The molecule has 0 aliphatic rings. The lowest BCUT2D eigenvalue weighted by molar-refractivity contribution is 0.247. The summed E-state index contributed by atoms with van der Waals surface area (Å²) in [6.07, 6.45) is 3.40. The van der Waals surface area contributed by atoms with Crippen molar-refractivity contribution in [2.45, 2.75) is 13.5 Å². The van der Waals surface area contributed by atoms with Crippen LogP contribution in [-0.2, 0) is 6.61 Å². The molecule has 3 aromatic rings.